The van der Waals surface area contributed by atoms with Crippen LogP contribution in [0.5, 0.6) is 0 Å². The lowest BCUT2D eigenvalue weighted by Gasteiger charge is -2.28. The van der Waals surface area contributed by atoms with Crippen molar-refractivity contribution < 1.29 is 9.59 Å². The number of carbonyl (C=O) groups is 2. The normalized spacial score (nSPS) is 20.1. The summed E-state index contributed by atoms with van der Waals surface area (Å²) in [6.07, 6.45) is 8.71. The van der Waals surface area contributed by atoms with Crippen molar-refractivity contribution in [2.24, 2.45) is 0 Å². The van der Waals surface area contributed by atoms with Crippen LogP contribution in [0.4, 0.5) is 0 Å². The predicted octanol–water partition coefficient (Wildman–Crippen LogP) is 2.79. The molecule has 0 unspecified atom stereocenters. The van der Waals surface area contributed by atoms with Gasteiger partial charge in [0.15, 0.2) is 5.69 Å². The minimum absolute atomic E-state index is 0.0553. The number of hydrogen-bond donors (Lipinski definition) is 2. The molecular weight excluding hydrogens is 362 g/mol. The number of carbonyl (C=O) groups excluding carboxylic acids is 2. The van der Waals surface area contributed by atoms with Crippen molar-refractivity contribution in [1.82, 2.24) is 25.6 Å². The highest BCUT2D eigenvalue weighted by Gasteiger charge is 2.24. The van der Waals surface area contributed by atoms with Crippen LogP contribution in [0.25, 0.3) is 6.08 Å². The number of aromatic nitrogens is 3. The molecule has 2 amide bonds. The van der Waals surface area contributed by atoms with Gasteiger partial charge in [-0.1, -0.05) is 11.3 Å². The summed E-state index contributed by atoms with van der Waals surface area (Å²) in [5, 5.41) is 16.0. The molecule has 8 heteroatoms. The minimum atomic E-state index is -0.199. The van der Waals surface area contributed by atoms with Gasteiger partial charge in [0.2, 0.25) is 5.91 Å². The first-order valence-electron chi connectivity index (χ1n) is 9.26. The largest absolute Gasteiger partial charge is 0.350 e. The van der Waals surface area contributed by atoms with E-state index in [-0.39, 0.29) is 29.9 Å². The average Bonchev–Trinajstić information content (AvgIpc) is 3.32. The minimum Gasteiger partial charge on any atom is -0.350 e. The summed E-state index contributed by atoms with van der Waals surface area (Å²) in [5.74, 6) is -0.255. The van der Waals surface area contributed by atoms with Crippen molar-refractivity contribution >= 4 is 29.2 Å². The highest BCUT2D eigenvalue weighted by molar-refractivity contribution is 7.10. The zero-order valence-corrected chi connectivity index (χ0v) is 16.4. The van der Waals surface area contributed by atoms with Crippen molar-refractivity contribution in [3.05, 3.63) is 40.4 Å². The van der Waals surface area contributed by atoms with Gasteiger partial charge in [0.1, 0.15) is 0 Å². The molecule has 0 radical (unpaired) electrons. The summed E-state index contributed by atoms with van der Waals surface area (Å²) in [5.41, 5.74) is 0.345. The van der Waals surface area contributed by atoms with E-state index >= 15 is 0 Å². The smallest absolute Gasteiger partial charge is 0.273 e. The summed E-state index contributed by atoms with van der Waals surface area (Å²) in [6.45, 7) is 3.82. The van der Waals surface area contributed by atoms with Gasteiger partial charge in [-0.3, -0.25) is 9.59 Å². The van der Waals surface area contributed by atoms with E-state index in [1.165, 1.54) is 0 Å². The van der Waals surface area contributed by atoms with Crippen molar-refractivity contribution in [2.45, 2.75) is 57.7 Å². The maximum Gasteiger partial charge on any atom is 0.273 e. The summed E-state index contributed by atoms with van der Waals surface area (Å²) in [4.78, 5) is 25.1. The number of rotatable bonds is 6. The van der Waals surface area contributed by atoms with Crippen LogP contribution < -0.4 is 10.6 Å². The molecule has 144 valence electrons. The molecule has 1 aliphatic carbocycles. The second kappa shape index (κ2) is 8.94. The summed E-state index contributed by atoms with van der Waals surface area (Å²) >= 11 is 1.61. The van der Waals surface area contributed by atoms with Gasteiger partial charge >= 0.3 is 0 Å². The average molecular weight is 388 g/mol. The molecule has 2 N–H and O–H groups in total. The Morgan fingerprint density at radius 3 is 2.74 bits per heavy atom. The molecule has 3 rings (SSSR count). The molecule has 2 heterocycles. The SMILES string of the molecule is CC(C)NC(=O)c1cn(C2CCC(NC(=O)/C=C/c3cccs3)CC2)nn1. The summed E-state index contributed by atoms with van der Waals surface area (Å²) in [6, 6.07) is 4.40. The fraction of sp³-hybridized carbons (Fsp3) is 0.474. The Balaban J connectivity index is 1.47. The zero-order chi connectivity index (χ0) is 19.2. The Bertz CT molecular complexity index is 789. The number of amides is 2. The van der Waals surface area contributed by atoms with Crippen molar-refractivity contribution in [3.8, 4) is 0 Å². The van der Waals surface area contributed by atoms with Gasteiger partial charge in [-0.25, -0.2) is 4.68 Å². The van der Waals surface area contributed by atoms with Crippen LogP contribution in [0.3, 0.4) is 0 Å². The molecule has 7 nitrogen and oxygen atoms in total. The van der Waals surface area contributed by atoms with Crippen molar-refractivity contribution in [3.63, 3.8) is 0 Å². The molecule has 0 saturated heterocycles. The lowest BCUT2D eigenvalue weighted by Crippen LogP contribution is -2.37. The number of nitrogens with zero attached hydrogens (tertiary/aromatic N) is 3. The van der Waals surface area contributed by atoms with Gasteiger partial charge in [0.05, 0.1) is 12.2 Å². The van der Waals surface area contributed by atoms with E-state index < -0.39 is 0 Å². The number of hydrogen-bond acceptors (Lipinski definition) is 5. The molecule has 0 bridgehead atoms. The molecule has 2 aromatic heterocycles. The third-order valence-corrected chi connectivity index (χ3v) is 5.36. The summed E-state index contributed by atoms with van der Waals surface area (Å²) < 4.78 is 1.78. The van der Waals surface area contributed by atoms with E-state index in [0.29, 0.717) is 5.69 Å². The number of thiophene rings is 1. The van der Waals surface area contributed by atoms with E-state index in [0.717, 1.165) is 30.6 Å². The Labute approximate surface area is 162 Å². The third kappa shape index (κ3) is 5.50. The Hall–Kier alpha value is -2.48. The molecule has 0 atom stereocenters. The van der Waals surface area contributed by atoms with Gasteiger partial charge in [-0.15, -0.1) is 16.4 Å². The molecular formula is C19H25N5O2S. The van der Waals surface area contributed by atoms with Gasteiger partial charge in [0.25, 0.3) is 5.91 Å². The molecule has 2 aromatic rings. The number of nitrogens with one attached hydrogen (secondary N) is 2. The Morgan fingerprint density at radius 2 is 2.07 bits per heavy atom. The van der Waals surface area contributed by atoms with Gasteiger partial charge in [-0.05, 0) is 57.1 Å². The molecule has 1 saturated carbocycles. The monoisotopic (exact) mass is 387 g/mol. The van der Waals surface area contributed by atoms with Crippen LogP contribution in [0.1, 0.15) is 60.9 Å². The Kier molecular flexibility index (Phi) is 6.39. The quantitative estimate of drug-likeness (QED) is 0.746. The third-order valence-electron chi connectivity index (χ3n) is 4.52. The van der Waals surface area contributed by atoms with Crippen LogP contribution >= 0.6 is 11.3 Å². The molecule has 0 aliphatic heterocycles. The van der Waals surface area contributed by atoms with E-state index in [9.17, 15) is 9.59 Å². The van der Waals surface area contributed by atoms with Crippen LogP contribution in [-0.2, 0) is 4.79 Å². The summed E-state index contributed by atoms with van der Waals surface area (Å²) in [7, 11) is 0. The highest BCUT2D eigenvalue weighted by atomic mass is 32.1. The predicted molar refractivity (Wildman–Crippen MR) is 105 cm³/mol. The highest BCUT2D eigenvalue weighted by Crippen LogP contribution is 2.28. The molecule has 1 aliphatic rings. The van der Waals surface area contributed by atoms with Crippen LogP contribution in [-0.4, -0.2) is 38.9 Å². The van der Waals surface area contributed by atoms with E-state index in [1.807, 2.05) is 37.4 Å². The molecule has 0 aromatic carbocycles. The van der Waals surface area contributed by atoms with E-state index in [4.69, 9.17) is 0 Å². The van der Waals surface area contributed by atoms with Crippen molar-refractivity contribution in [2.75, 3.05) is 0 Å². The molecule has 27 heavy (non-hydrogen) atoms. The fourth-order valence-corrected chi connectivity index (χ4v) is 3.79. The van der Waals surface area contributed by atoms with Crippen LogP contribution in [0.2, 0.25) is 0 Å². The van der Waals surface area contributed by atoms with E-state index in [2.05, 4.69) is 20.9 Å². The fourth-order valence-electron chi connectivity index (χ4n) is 3.17. The molecule has 0 spiro atoms. The second-order valence-corrected chi connectivity index (χ2v) is 8.05. The Morgan fingerprint density at radius 1 is 1.30 bits per heavy atom. The zero-order valence-electron chi connectivity index (χ0n) is 15.6. The first-order valence-corrected chi connectivity index (χ1v) is 10.1. The lowest BCUT2D eigenvalue weighted by atomic mass is 9.91. The van der Waals surface area contributed by atoms with E-state index in [1.54, 1.807) is 28.3 Å². The van der Waals surface area contributed by atoms with Gasteiger partial charge < -0.3 is 10.6 Å². The van der Waals surface area contributed by atoms with Crippen LogP contribution in [0.15, 0.2) is 29.8 Å². The second-order valence-electron chi connectivity index (χ2n) is 7.07. The molecule has 1 fully saturated rings. The van der Waals surface area contributed by atoms with Gasteiger partial charge in [-0.2, -0.15) is 0 Å². The maximum absolute atomic E-state index is 12.1. The first-order chi connectivity index (χ1) is 13.0. The standard InChI is InChI=1S/C19H25N5O2S/c1-13(2)20-19(26)17-12-24(23-22-17)15-7-5-14(6-8-15)21-18(25)10-9-16-4-3-11-27-16/h3-4,9-15H,5-8H2,1-2H3,(H,20,26)(H,21,25)/b10-9+. The van der Waals surface area contributed by atoms with Gasteiger partial charge in [0, 0.05) is 23.0 Å². The maximum atomic E-state index is 12.1. The first kappa shape index (κ1) is 19.3. The van der Waals surface area contributed by atoms with Crippen molar-refractivity contribution in [1.29, 1.82) is 0 Å². The topological polar surface area (TPSA) is 88.9 Å². The lowest BCUT2D eigenvalue weighted by molar-refractivity contribution is -0.117. The van der Waals surface area contributed by atoms with Crippen LogP contribution in [0, 0.1) is 0 Å².